The molecule has 0 unspecified atom stereocenters. The van der Waals surface area contributed by atoms with E-state index in [1.807, 2.05) is 24.3 Å². The third-order valence-electron chi connectivity index (χ3n) is 2.96. The highest BCUT2D eigenvalue weighted by atomic mass is 16.5. The number of rotatable bonds is 5. The molecule has 0 saturated heterocycles. The first-order valence-electron chi connectivity index (χ1n) is 5.84. The fourth-order valence-corrected chi connectivity index (χ4v) is 1.91. The molecule has 1 aromatic carbocycles. The van der Waals surface area contributed by atoms with Crippen LogP contribution in [0.1, 0.15) is 18.4 Å². The van der Waals surface area contributed by atoms with E-state index in [1.54, 1.807) is 0 Å². The highest BCUT2D eigenvalue weighted by molar-refractivity contribution is 5.71. The Morgan fingerprint density at radius 1 is 1.53 bits per heavy atom. The van der Waals surface area contributed by atoms with Gasteiger partial charge in [-0.05, 0) is 30.5 Å². The Bertz CT molecular complexity index is 402. The van der Waals surface area contributed by atoms with E-state index in [0.29, 0.717) is 12.6 Å². The molecule has 0 aromatic heterocycles. The van der Waals surface area contributed by atoms with Gasteiger partial charge in [-0.1, -0.05) is 12.1 Å². The van der Waals surface area contributed by atoms with Crippen molar-refractivity contribution in [1.29, 1.82) is 0 Å². The maximum absolute atomic E-state index is 11.3. The van der Waals surface area contributed by atoms with Gasteiger partial charge in [-0.2, -0.15) is 0 Å². The highest BCUT2D eigenvalue weighted by Crippen LogP contribution is 2.28. The SMILES string of the molecule is COC(=O)CN(Cc1cccc(N)c1)C1CC1. The summed E-state index contributed by atoms with van der Waals surface area (Å²) in [4.78, 5) is 13.5. The number of carbonyl (C=O) groups excluding carboxylic acids is 1. The van der Waals surface area contributed by atoms with Crippen LogP contribution in [-0.2, 0) is 16.1 Å². The summed E-state index contributed by atoms with van der Waals surface area (Å²) < 4.78 is 4.71. The zero-order chi connectivity index (χ0) is 12.3. The minimum Gasteiger partial charge on any atom is -0.468 e. The Morgan fingerprint density at radius 3 is 2.88 bits per heavy atom. The summed E-state index contributed by atoms with van der Waals surface area (Å²) in [6.07, 6.45) is 2.33. The van der Waals surface area contributed by atoms with Crippen LogP contribution in [0.3, 0.4) is 0 Å². The van der Waals surface area contributed by atoms with E-state index >= 15 is 0 Å². The van der Waals surface area contributed by atoms with Crippen molar-refractivity contribution in [3.63, 3.8) is 0 Å². The van der Waals surface area contributed by atoms with Gasteiger partial charge >= 0.3 is 5.97 Å². The Balaban J connectivity index is 2.00. The summed E-state index contributed by atoms with van der Waals surface area (Å²) in [6, 6.07) is 8.31. The molecule has 0 radical (unpaired) electrons. The zero-order valence-electron chi connectivity index (χ0n) is 10.1. The van der Waals surface area contributed by atoms with Crippen LogP contribution < -0.4 is 5.73 Å². The summed E-state index contributed by atoms with van der Waals surface area (Å²) in [5.74, 6) is -0.180. The van der Waals surface area contributed by atoms with E-state index in [-0.39, 0.29) is 5.97 Å². The minimum absolute atomic E-state index is 0.180. The van der Waals surface area contributed by atoms with Crippen LogP contribution >= 0.6 is 0 Å². The van der Waals surface area contributed by atoms with E-state index in [0.717, 1.165) is 17.8 Å². The molecule has 2 N–H and O–H groups in total. The lowest BCUT2D eigenvalue weighted by atomic mass is 10.2. The maximum Gasteiger partial charge on any atom is 0.319 e. The van der Waals surface area contributed by atoms with Crippen LogP contribution in [0.2, 0.25) is 0 Å². The van der Waals surface area contributed by atoms with Crippen molar-refractivity contribution in [1.82, 2.24) is 4.90 Å². The lowest BCUT2D eigenvalue weighted by Gasteiger charge is -2.20. The molecule has 2 rings (SSSR count). The van der Waals surface area contributed by atoms with E-state index in [9.17, 15) is 4.79 Å². The number of ether oxygens (including phenoxy) is 1. The van der Waals surface area contributed by atoms with Crippen LogP contribution in [0.15, 0.2) is 24.3 Å². The normalized spacial score (nSPS) is 14.9. The molecule has 4 nitrogen and oxygen atoms in total. The third kappa shape index (κ3) is 3.46. The minimum atomic E-state index is -0.180. The number of hydrogen-bond acceptors (Lipinski definition) is 4. The van der Waals surface area contributed by atoms with Crippen molar-refractivity contribution in [3.8, 4) is 0 Å². The molecule has 1 aliphatic carbocycles. The Labute approximate surface area is 101 Å². The predicted molar refractivity (Wildman–Crippen MR) is 66.3 cm³/mol. The molecule has 92 valence electrons. The fourth-order valence-electron chi connectivity index (χ4n) is 1.91. The topological polar surface area (TPSA) is 55.6 Å². The molecule has 0 atom stereocenters. The second-order valence-electron chi connectivity index (χ2n) is 4.46. The molecule has 0 amide bonds. The van der Waals surface area contributed by atoms with Gasteiger partial charge in [-0.25, -0.2) is 0 Å². The highest BCUT2D eigenvalue weighted by Gasteiger charge is 2.30. The van der Waals surface area contributed by atoms with Gasteiger partial charge in [0.15, 0.2) is 0 Å². The monoisotopic (exact) mass is 234 g/mol. The van der Waals surface area contributed by atoms with Crippen molar-refractivity contribution < 1.29 is 9.53 Å². The molecule has 1 saturated carbocycles. The summed E-state index contributed by atoms with van der Waals surface area (Å²) in [6.45, 7) is 1.11. The van der Waals surface area contributed by atoms with Gasteiger partial charge in [0.25, 0.3) is 0 Å². The van der Waals surface area contributed by atoms with Crippen LogP contribution in [0.5, 0.6) is 0 Å². The summed E-state index contributed by atoms with van der Waals surface area (Å²) in [5.41, 5.74) is 7.64. The van der Waals surface area contributed by atoms with Crippen molar-refractivity contribution in [2.45, 2.75) is 25.4 Å². The number of carbonyl (C=O) groups is 1. The Hall–Kier alpha value is -1.55. The summed E-state index contributed by atoms with van der Waals surface area (Å²) in [7, 11) is 1.42. The molecule has 1 aromatic rings. The van der Waals surface area contributed by atoms with Gasteiger partial charge in [0.1, 0.15) is 0 Å². The number of anilines is 1. The van der Waals surface area contributed by atoms with Gasteiger partial charge in [0.2, 0.25) is 0 Å². The fraction of sp³-hybridized carbons (Fsp3) is 0.462. The van der Waals surface area contributed by atoms with Crippen LogP contribution in [0, 0.1) is 0 Å². The molecule has 0 spiro atoms. The van der Waals surface area contributed by atoms with Crippen LogP contribution in [0.4, 0.5) is 5.69 Å². The first kappa shape index (κ1) is 11.9. The number of methoxy groups -OCH3 is 1. The first-order valence-corrected chi connectivity index (χ1v) is 5.84. The van der Waals surface area contributed by atoms with Gasteiger partial charge in [0, 0.05) is 18.3 Å². The number of nitrogen functional groups attached to an aromatic ring is 1. The quantitative estimate of drug-likeness (QED) is 0.618. The smallest absolute Gasteiger partial charge is 0.319 e. The third-order valence-corrected chi connectivity index (χ3v) is 2.96. The lowest BCUT2D eigenvalue weighted by molar-refractivity contribution is -0.142. The van der Waals surface area contributed by atoms with Gasteiger partial charge in [-0.3, -0.25) is 9.69 Å². The van der Waals surface area contributed by atoms with Crippen LogP contribution in [0.25, 0.3) is 0 Å². The molecule has 0 bridgehead atoms. The lowest BCUT2D eigenvalue weighted by Crippen LogP contribution is -2.32. The molecular formula is C13H18N2O2. The Morgan fingerprint density at radius 2 is 2.29 bits per heavy atom. The van der Waals surface area contributed by atoms with Crippen molar-refractivity contribution in [3.05, 3.63) is 29.8 Å². The summed E-state index contributed by atoms with van der Waals surface area (Å²) in [5, 5.41) is 0. The number of nitrogens with zero attached hydrogens (tertiary/aromatic N) is 1. The van der Waals surface area contributed by atoms with Gasteiger partial charge < -0.3 is 10.5 Å². The van der Waals surface area contributed by atoms with Gasteiger partial charge in [0.05, 0.1) is 13.7 Å². The van der Waals surface area contributed by atoms with Crippen molar-refractivity contribution in [2.24, 2.45) is 0 Å². The second-order valence-corrected chi connectivity index (χ2v) is 4.46. The molecule has 1 fully saturated rings. The second kappa shape index (κ2) is 5.19. The Kier molecular flexibility index (Phi) is 3.64. The van der Waals surface area contributed by atoms with Crippen molar-refractivity contribution in [2.75, 3.05) is 19.4 Å². The molecule has 0 aliphatic heterocycles. The van der Waals surface area contributed by atoms with E-state index < -0.39 is 0 Å². The number of benzene rings is 1. The largest absolute Gasteiger partial charge is 0.468 e. The van der Waals surface area contributed by atoms with Gasteiger partial charge in [-0.15, -0.1) is 0 Å². The molecule has 1 aliphatic rings. The number of esters is 1. The molecular weight excluding hydrogens is 216 g/mol. The van der Waals surface area contributed by atoms with Crippen LogP contribution in [-0.4, -0.2) is 30.6 Å². The first-order chi connectivity index (χ1) is 8.19. The number of nitrogens with two attached hydrogens (primary N) is 1. The number of hydrogen-bond donors (Lipinski definition) is 1. The van der Waals surface area contributed by atoms with E-state index in [2.05, 4.69) is 4.90 Å². The average Bonchev–Trinajstić information content (AvgIpc) is 3.12. The molecule has 4 heteroatoms. The average molecular weight is 234 g/mol. The maximum atomic E-state index is 11.3. The summed E-state index contributed by atoms with van der Waals surface area (Å²) >= 11 is 0. The standard InChI is InChI=1S/C13H18N2O2/c1-17-13(16)9-15(12-5-6-12)8-10-3-2-4-11(14)7-10/h2-4,7,12H,5-6,8-9,14H2,1H3. The van der Waals surface area contributed by atoms with E-state index in [4.69, 9.17) is 10.5 Å². The van der Waals surface area contributed by atoms with E-state index in [1.165, 1.54) is 20.0 Å². The predicted octanol–water partition coefficient (Wildman–Crippen LogP) is 1.41. The molecule has 0 heterocycles. The molecule has 17 heavy (non-hydrogen) atoms. The zero-order valence-corrected chi connectivity index (χ0v) is 10.1. The van der Waals surface area contributed by atoms with Crippen molar-refractivity contribution >= 4 is 11.7 Å².